The summed E-state index contributed by atoms with van der Waals surface area (Å²) in [5, 5.41) is 2.67. The molecule has 2 aromatic rings. The number of aromatic nitrogens is 1. The standard InChI is InChI=1S/C20H24N4O3/c25-18(13-16-7-8-21-14-16)23-9-4-10-24(12-11-23)19(26)15-22-20(27)17-5-2-1-3-6-17/h1-3,5-8,14,21H,4,9-13,15H2,(H,22,27). The fourth-order valence-electron chi connectivity index (χ4n) is 3.13. The fraction of sp³-hybridized carbons (Fsp3) is 0.350. The molecule has 1 aliphatic rings. The molecular formula is C20H24N4O3. The van der Waals surface area contributed by atoms with Gasteiger partial charge >= 0.3 is 0 Å². The van der Waals surface area contributed by atoms with Crippen LogP contribution in [-0.2, 0) is 16.0 Å². The van der Waals surface area contributed by atoms with Crippen LogP contribution < -0.4 is 5.32 Å². The van der Waals surface area contributed by atoms with Gasteiger partial charge in [-0.25, -0.2) is 0 Å². The lowest BCUT2D eigenvalue weighted by atomic mass is 10.2. The van der Waals surface area contributed by atoms with Gasteiger partial charge in [-0.1, -0.05) is 18.2 Å². The number of nitrogens with one attached hydrogen (secondary N) is 2. The van der Waals surface area contributed by atoms with Crippen LogP contribution in [0.3, 0.4) is 0 Å². The Morgan fingerprint density at radius 1 is 0.926 bits per heavy atom. The van der Waals surface area contributed by atoms with E-state index in [1.807, 2.05) is 23.2 Å². The van der Waals surface area contributed by atoms with Crippen LogP contribution in [-0.4, -0.2) is 65.2 Å². The molecule has 7 heteroatoms. The summed E-state index contributed by atoms with van der Waals surface area (Å²) in [7, 11) is 0. The maximum absolute atomic E-state index is 12.4. The summed E-state index contributed by atoms with van der Waals surface area (Å²) in [6.07, 6.45) is 4.72. The Morgan fingerprint density at radius 2 is 1.63 bits per heavy atom. The molecule has 0 atom stereocenters. The van der Waals surface area contributed by atoms with Gasteiger partial charge in [-0.15, -0.1) is 0 Å². The predicted molar refractivity (Wildman–Crippen MR) is 101 cm³/mol. The summed E-state index contributed by atoms with van der Waals surface area (Å²) in [6, 6.07) is 10.7. The van der Waals surface area contributed by atoms with Gasteiger partial charge in [0.15, 0.2) is 0 Å². The van der Waals surface area contributed by atoms with Gasteiger partial charge in [-0.05, 0) is 30.2 Å². The van der Waals surface area contributed by atoms with Crippen molar-refractivity contribution in [2.45, 2.75) is 12.8 Å². The van der Waals surface area contributed by atoms with Crippen molar-refractivity contribution in [3.8, 4) is 0 Å². The van der Waals surface area contributed by atoms with Gasteiger partial charge in [0.2, 0.25) is 11.8 Å². The first-order valence-corrected chi connectivity index (χ1v) is 9.14. The topological polar surface area (TPSA) is 85.5 Å². The van der Waals surface area contributed by atoms with Gasteiger partial charge in [0.1, 0.15) is 0 Å². The van der Waals surface area contributed by atoms with Gasteiger partial charge in [0.05, 0.1) is 13.0 Å². The van der Waals surface area contributed by atoms with E-state index in [0.29, 0.717) is 38.2 Å². The Labute approximate surface area is 158 Å². The Kier molecular flexibility index (Phi) is 6.25. The van der Waals surface area contributed by atoms with Gasteiger partial charge in [0.25, 0.3) is 5.91 Å². The quantitative estimate of drug-likeness (QED) is 0.827. The van der Waals surface area contributed by atoms with Crippen molar-refractivity contribution < 1.29 is 14.4 Å². The maximum Gasteiger partial charge on any atom is 0.251 e. The minimum absolute atomic E-state index is 0.0367. The van der Waals surface area contributed by atoms with E-state index in [4.69, 9.17) is 0 Å². The van der Waals surface area contributed by atoms with Gasteiger partial charge in [-0.3, -0.25) is 14.4 Å². The van der Waals surface area contributed by atoms with Crippen molar-refractivity contribution in [1.82, 2.24) is 20.1 Å². The summed E-state index contributed by atoms with van der Waals surface area (Å²) in [5.74, 6) is -0.317. The summed E-state index contributed by atoms with van der Waals surface area (Å²) < 4.78 is 0. The van der Waals surface area contributed by atoms with Crippen molar-refractivity contribution in [1.29, 1.82) is 0 Å². The van der Waals surface area contributed by atoms with Crippen LogP contribution in [0.1, 0.15) is 22.3 Å². The van der Waals surface area contributed by atoms with E-state index in [-0.39, 0.29) is 24.3 Å². The normalized spacial score (nSPS) is 14.5. The molecule has 0 bridgehead atoms. The first-order valence-electron chi connectivity index (χ1n) is 9.14. The van der Waals surface area contributed by atoms with Crippen molar-refractivity contribution in [3.05, 3.63) is 59.9 Å². The number of hydrogen-bond donors (Lipinski definition) is 2. The average Bonchev–Trinajstić information content (AvgIpc) is 3.07. The highest BCUT2D eigenvalue weighted by molar-refractivity contribution is 5.96. The van der Waals surface area contributed by atoms with E-state index >= 15 is 0 Å². The van der Waals surface area contributed by atoms with Crippen LogP contribution in [0.2, 0.25) is 0 Å². The number of amides is 3. The van der Waals surface area contributed by atoms with Crippen LogP contribution in [0.5, 0.6) is 0 Å². The summed E-state index contributed by atoms with van der Waals surface area (Å²) >= 11 is 0. The summed E-state index contributed by atoms with van der Waals surface area (Å²) in [4.78, 5) is 43.4. The number of H-pyrrole nitrogens is 1. The van der Waals surface area contributed by atoms with Gasteiger partial charge in [-0.2, -0.15) is 0 Å². The largest absolute Gasteiger partial charge is 0.367 e. The van der Waals surface area contributed by atoms with E-state index in [9.17, 15) is 14.4 Å². The monoisotopic (exact) mass is 368 g/mol. The number of aromatic amines is 1. The third kappa shape index (κ3) is 5.20. The van der Waals surface area contributed by atoms with Crippen LogP contribution >= 0.6 is 0 Å². The minimum atomic E-state index is -0.262. The van der Waals surface area contributed by atoms with Crippen molar-refractivity contribution in [2.75, 3.05) is 32.7 Å². The van der Waals surface area contributed by atoms with E-state index in [1.165, 1.54) is 0 Å². The molecule has 142 valence electrons. The number of carbonyl (C=O) groups is 3. The number of hydrogen-bond acceptors (Lipinski definition) is 3. The Morgan fingerprint density at radius 3 is 2.30 bits per heavy atom. The lowest BCUT2D eigenvalue weighted by molar-refractivity contribution is -0.132. The van der Waals surface area contributed by atoms with Crippen LogP contribution in [0.25, 0.3) is 0 Å². The highest BCUT2D eigenvalue weighted by Gasteiger charge is 2.22. The molecule has 0 saturated carbocycles. The Balaban J connectivity index is 1.46. The molecule has 2 N–H and O–H groups in total. The van der Waals surface area contributed by atoms with Crippen LogP contribution in [0, 0.1) is 0 Å². The third-order valence-electron chi connectivity index (χ3n) is 4.66. The summed E-state index contributed by atoms with van der Waals surface area (Å²) in [5.41, 5.74) is 1.49. The molecule has 7 nitrogen and oxygen atoms in total. The SMILES string of the molecule is O=C(NCC(=O)N1CCCN(C(=O)Cc2cc[nH]c2)CC1)c1ccccc1. The van der Waals surface area contributed by atoms with E-state index < -0.39 is 0 Å². The highest BCUT2D eigenvalue weighted by atomic mass is 16.2. The van der Waals surface area contributed by atoms with E-state index in [2.05, 4.69) is 10.3 Å². The van der Waals surface area contributed by atoms with Crippen LogP contribution in [0.4, 0.5) is 0 Å². The first kappa shape index (κ1) is 18.7. The molecule has 0 aliphatic carbocycles. The molecule has 3 amide bonds. The maximum atomic E-state index is 12.4. The molecule has 27 heavy (non-hydrogen) atoms. The smallest absolute Gasteiger partial charge is 0.251 e. The third-order valence-corrected chi connectivity index (χ3v) is 4.66. The van der Waals surface area contributed by atoms with Crippen molar-refractivity contribution in [2.24, 2.45) is 0 Å². The molecule has 3 rings (SSSR count). The van der Waals surface area contributed by atoms with Crippen LogP contribution in [0.15, 0.2) is 48.8 Å². The van der Waals surface area contributed by atoms with E-state index in [0.717, 1.165) is 12.0 Å². The lowest BCUT2D eigenvalue weighted by Crippen LogP contribution is -2.42. The number of nitrogens with zero attached hydrogens (tertiary/aromatic N) is 2. The second-order valence-electron chi connectivity index (χ2n) is 6.56. The van der Waals surface area contributed by atoms with Crippen molar-refractivity contribution >= 4 is 17.7 Å². The molecule has 1 aromatic heterocycles. The molecule has 1 aromatic carbocycles. The zero-order valence-corrected chi connectivity index (χ0v) is 15.2. The minimum Gasteiger partial charge on any atom is -0.367 e. The molecule has 1 aliphatic heterocycles. The zero-order valence-electron chi connectivity index (χ0n) is 15.2. The summed E-state index contributed by atoms with van der Waals surface area (Å²) in [6.45, 7) is 2.20. The van der Waals surface area contributed by atoms with Gasteiger partial charge in [0, 0.05) is 44.1 Å². The number of carbonyl (C=O) groups excluding carboxylic acids is 3. The molecular weight excluding hydrogens is 344 g/mol. The molecule has 1 saturated heterocycles. The second-order valence-corrected chi connectivity index (χ2v) is 6.56. The first-order chi connectivity index (χ1) is 13.1. The molecule has 0 radical (unpaired) electrons. The Bertz CT molecular complexity index is 774. The lowest BCUT2D eigenvalue weighted by Gasteiger charge is -2.22. The molecule has 0 unspecified atom stereocenters. The average molecular weight is 368 g/mol. The van der Waals surface area contributed by atoms with Gasteiger partial charge < -0.3 is 20.1 Å². The zero-order chi connectivity index (χ0) is 19.1. The Hall–Kier alpha value is -3.09. The highest BCUT2D eigenvalue weighted by Crippen LogP contribution is 2.07. The van der Waals surface area contributed by atoms with Crippen molar-refractivity contribution in [3.63, 3.8) is 0 Å². The number of rotatable bonds is 5. The fourth-order valence-corrected chi connectivity index (χ4v) is 3.13. The van der Waals surface area contributed by atoms with E-state index in [1.54, 1.807) is 35.4 Å². The number of benzene rings is 1. The molecule has 2 heterocycles. The molecule has 1 fully saturated rings. The predicted octanol–water partition coefficient (Wildman–Crippen LogP) is 1.05. The second kappa shape index (κ2) is 9.02. The molecule has 0 spiro atoms.